The number of Topliss-reactive ketones (excluding diaryl/α,β-unsaturated/α-hetero) is 1. The SMILES string of the molecule is O=C1CCCC2=C1[C@@H](c1ccco1)N(C(=O)Nc1ccccc1)c1ccccc1N2. The maximum atomic E-state index is 13.6. The van der Waals surface area contributed by atoms with Gasteiger partial charge in [-0.05, 0) is 49.2 Å². The number of ketones is 1. The smallest absolute Gasteiger partial charge is 0.327 e. The largest absolute Gasteiger partial charge is 0.467 e. The van der Waals surface area contributed by atoms with Gasteiger partial charge in [0.2, 0.25) is 0 Å². The van der Waals surface area contributed by atoms with Gasteiger partial charge in [0.05, 0.1) is 17.6 Å². The minimum atomic E-state index is -0.650. The summed E-state index contributed by atoms with van der Waals surface area (Å²) in [6, 6.07) is 19.5. The topological polar surface area (TPSA) is 74.6 Å². The van der Waals surface area contributed by atoms with Crippen LogP contribution in [0.2, 0.25) is 0 Å². The van der Waals surface area contributed by atoms with Crippen molar-refractivity contribution in [1.29, 1.82) is 0 Å². The molecule has 1 aliphatic heterocycles. The highest BCUT2D eigenvalue weighted by Crippen LogP contribution is 2.45. The number of hydrogen-bond acceptors (Lipinski definition) is 4. The standard InChI is InChI=1S/C24H21N3O3/c28-20-13-6-11-18-22(20)23(21-14-7-15-30-21)27(19-12-5-4-10-17(19)26-18)24(29)25-16-8-2-1-3-9-16/h1-5,7-10,12,14-15,23,26H,6,11,13H2,(H,25,29)/t23-/m1/s1. The van der Waals surface area contributed by atoms with Gasteiger partial charge in [-0.1, -0.05) is 30.3 Å². The summed E-state index contributed by atoms with van der Waals surface area (Å²) in [5.41, 5.74) is 3.61. The lowest BCUT2D eigenvalue weighted by Crippen LogP contribution is -2.40. The van der Waals surface area contributed by atoms with E-state index >= 15 is 0 Å². The minimum Gasteiger partial charge on any atom is -0.467 e. The van der Waals surface area contributed by atoms with Gasteiger partial charge in [0, 0.05) is 23.4 Å². The lowest BCUT2D eigenvalue weighted by molar-refractivity contribution is -0.116. The Hall–Kier alpha value is -3.80. The Bertz CT molecular complexity index is 1120. The van der Waals surface area contributed by atoms with Crippen LogP contribution in [0.5, 0.6) is 0 Å². The number of benzene rings is 2. The highest BCUT2D eigenvalue weighted by molar-refractivity contribution is 6.09. The van der Waals surface area contributed by atoms with Crippen LogP contribution in [0.15, 0.2) is 88.7 Å². The van der Waals surface area contributed by atoms with Gasteiger partial charge in [0.1, 0.15) is 11.8 Å². The molecule has 2 amide bonds. The van der Waals surface area contributed by atoms with Crippen molar-refractivity contribution in [3.63, 3.8) is 0 Å². The molecule has 5 rings (SSSR count). The van der Waals surface area contributed by atoms with Gasteiger partial charge >= 0.3 is 6.03 Å². The average Bonchev–Trinajstić information content (AvgIpc) is 3.24. The van der Waals surface area contributed by atoms with Crippen molar-refractivity contribution in [1.82, 2.24) is 0 Å². The molecule has 1 atom stereocenters. The molecule has 6 nitrogen and oxygen atoms in total. The number of hydrogen-bond donors (Lipinski definition) is 2. The highest BCUT2D eigenvalue weighted by Gasteiger charge is 2.40. The molecule has 0 saturated carbocycles. The van der Waals surface area contributed by atoms with E-state index in [2.05, 4.69) is 10.6 Å². The maximum absolute atomic E-state index is 13.6. The fourth-order valence-corrected chi connectivity index (χ4v) is 4.18. The van der Waals surface area contributed by atoms with Crippen molar-refractivity contribution in [3.8, 4) is 0 Å². The second kappa shape index (κ2) is 7.55. The zero-order valence-electron chi connectivity index (χ0n) is 16.3. The summed E-state index contributed by atoms with van der Waals surface area (Å²) in [7, 11) is 0. The molecule has 0 saturated heterocycles. The maximum Gasteiger partial charge on any atom is 0.327 e. The molecule has 2 aromatic carbocycles. The van der Waals surface area contributed by atoms with E-state index in [-0.39, 0.29) is 11.8 Å². The number of amides is 2. The highest BCUT2D eigenvalue weighted by atomic mass is 16.3. The molecular weight excluding hydrogens is 378 g/mol. The molecule has 1 aliphatic carbocycles. The van der Waals surface area contributed by atoms with Gasteiger partial charge in [0.25, 0.3) is 0 Å². The van der Waals surface area contributed by atoms with Gasteiger partial charge in [-0.3, -0.25) is 9.69 Å². The van der Waals surface area contributed by atoms with Gasteiger partial charge in [-0.15, -0.1) is 0 Å². The van der Waals surface area contributed by atoms with Crippen LogP contribution in [0.3, 0.4) is 0 Å². The van der Waals surface area contributed by atoms with Gasteiger partial charge in [0.15, 0.2) is 5.78 Å². The zero-order chi connectivity index (χ0) is 20.5. The van der Waals surface area contributed by atoms with Gasteiger partial charge < -0.3 is 15.1 Å². The molecule has 0 bridgehead atoms. The number of urea groups is 1. The van der Waals surface area contributed by atoms with E-state index < -0.39 is 6.04 Å². The lowest BCUT2D eigenvalue weighted by atomic mass is 9.88. The van der Waals surface area contributed by atoms with Gasteiger partial charge in [-0.2, -0.15) is 0 Å². The predicted octanol–water partition coefficient (Wildman–Crippen LogP) is 5.49. The molecule has 6 heteroatoms. The summed E-state index contributed by atoms with van der Waals surface area (Å²) < 4.78 is 5.74. The zero-order valence-corrected chi connectivity index (χ0v) is 16.3. The molecule has 3 aromatic rings. The van der Waals surface area contributed by atoms with Crippen molar-refractivity contribution in [2.45, 2.75) is 25.3 Å². The molecule has 2 N–H and O–H groups in total. The summed E-state index contributed by atoms with van der Waals surface area (Å²) in [4.78, 5) is 28.3. The van der Waals surface area contributed by atoms with Crippen LogP contribution in [0.25, 0.3) is 0 Å². The first-order valence-electron chi connectivity index (χ1n) is 10.0. The van der Waals surface area contributed by atoms with E-state index in [9.17, 15) is 9.59 Å². The number of para-hydroxylation sites is 3. The van der Waals surface area contributed by atoms with E-state index in [0.29, 0.717) is 29.1 Å². The Labute approximate surface area is 174 Å². The number of carbonyl (C=O) groups is 2. The fraction of sp³-hybridized carbons (Fsp3) is 0.167. The minimum absolute atomic E-state index is 0.0375. The van der Waals surface area contributed by atoms with Crippen LogP contribution in [0.4, 0.5) is 21.9 Å². The molecule has 0 fully saturated rings. The Morgan fingerprint density at radius 1 is 1.00 bits per heavy atom. The van der Waals surface area contributed by atoms with Crippen LogP contribution in [-0.2, 0) is 4.79 Å². The van der Waals surface area contributed by atoms with Crippen LogP contribution >= 0.6 is 0 Å². The van der Waals surface area contributed by atoms with Crippen molar-refractivity contribution in [2.75, 3.05) is 15.5 Å². The summed E-state index contributed by atoms with van der Waals surface area (Å²) in [5.74, 6) is 0.593. The normalized spacial score (nSPS) is 18.2. The second-order valence-electron chi connectivity index (χ2n) is 7.40. The summed E-state index contributed by atoms with van der Waals surface area (Å²) in [5, 5.41) is 6.39. The molecule has 2 aliphatic rings. The molecule has 1 aromatic heterocycles. The van der Waals surface area contributed by atoms with Crippen molar-refractivity contribution < 1.29 is 14.0 Å². The molecule has 0 radical (unpaired) electrons. The Morgan fingerprint density at radius 2 is 1.80 bits per heavy atom. The first kappa shape index (κ1) is 18.2. The first-order chi connectivity index (χ1) is 14.7. The van der Waals surface area contributed by atoms with Crippen LogP contribution < -0.4 is 15.5 Å². The molecule has 2 heterocycles. The molecule has 150 valence electrons. The van der Waals surface area contributed by atoms with E-state index in [4.69, 9.17) is 4.42 Å². The Morgan fingerprint density at radius 3 is 2.60 bits per heavy atom. The third kappa shape index (κ3) is 3.16. The number of furan rings is 1. The molecule has 0 unspecified atom stereocenters. The lowest BCUT2D eigenvalue weighted by Gasteiger charge is -2.32. The van der Waals surface area contributed by atoms with Crippen LogP contribution in [0, 0.1) is 0 Å². The molecular formula is C24H21N3O3. The van der Waals surface area contributed by atoms with E-state index in [1.54, 1.807) is 17.2 Å². The number of fused-ring (bicyclic) bond motifs is 1. The van der Waals surface area contributed by atoms with Gasteiger partial charge in [-0.25, -0.2) is 4.79 Å². The molecule has 30 heavy (non-hydrogen) atoms. The number of carbonyl (C=O) groups excluding carboxylic acids is 2. The Kier molecular flexibility index (Phi) is 4.59. The predicted molar refractivity (Wildman–Crippen MR) is 115 cm³/mol. The van der Waals surface area contributed by atoms with Crippen molar-refractivity contribution in [3.05, 3.63) is 90.0 Å². The first-order valence-corrected chi connectivity index (χ1v) is 10.0. The fourth-order valence-electron chi connectivity index (χ4n) is 4.18. The average molecular weight is 399 g/mol. The van der Waals surface area contributed by atoms with E-state index in [1.165, 1.54) is 0 Å². The monoisotopic (exact) mass is 399 g/mol. The van der Waals surface area contributed by atoms with E-state index in [0.717, 1.165) is 24.2 Å². The van der Waals surface area contributed by atoms with Crippen LogP contribution in [-0.4, -0.2) is 11.8 Å². The number of anilines is 3. The number of nitrogens with zero attached hydrogens (tertiary/aromatic N) is 1. The molecule has 0 spiro atoms. The van der Waals surface area contributed by atoms with E-state index in [1.807, 2.05) is 60.7 Å². The third-order valence-corrected chi connectivity index (χ3v) is 5.49. The number of rotatable bonds is 2. The quantitative estimate of drug-likeness (QED) is 0.597. The number of allylic oxidation sites excluding steroid dienone is 1. The summed E-state index contributed by atoms with van der Waals surface area (Å²) in [6.45, 7) is 0. The second-order valence-corrected chi connectivity index (χ2v) is 7.40. The number of nitrogens with one attached hydrogen (secondary N) is 2. The van der Waals surface area contributed by atoms with Crippen molar-refractivity contribution in [2.24, 2.45) is 0 Å². The Balaban J connectivity index is 1.69. The van der Waals surface area contributed by atoms with Crippen LogP contribution in [0.1, 0.15) is 31.1 Å². The summed E-state index contributed by atoms with van der Waals surface area (Å²) >= 11 is 0. The third-order valence-electron chi connectivity index (χ3n) is 5.49. The summed E-state index contributed by atoms with van der Waals surface area (Å²) in [6.07, 6.45) is 3.57. The van der Waals surface area contributed by atoms with Crippen molar-refractivity contribution >= 4 is 28.9 Å².